The van der Waals surface area contributed by atoms with E-state index in [1.54, 1.807) is 38.1 Å². The second-order valence-corrected chi connectivity index (χ2v) is 7.18. The first-order valence-corrected chi connectivity index (χ1v) is 9.68. The zero-order valence-corrected chi connectivity index (χ0v) is 17.7. The zero-order chi connectivity index (χ0) is 21.1. The van der Waals surface area contributed by atoms with Crippen molar-refractivity contribution in [2.45, 2.75) is 19.9 Å². The number of benzene rings is 1. The van der Waals surface area contributed by atoms with Crippen molar-refractivity contribution in [2.75, 3.05) is 6.61 Å². The summed E-state index contributed by atoms with van der Waals surface area (Å²) in [6.07, 6.45) is 0. The molecule has 1 aromatic heterocycles. The fraction of sp³-hybridized carbons (Fsp3) is 0.211. The molecule has 10 heteroatoms. The summed E-state index contributed by atoms with van der Waals surface area (Å²) in [6, 6.07) is 7.10. The highest BCUT2D eigenvalue weighted by Crippen LogP contribution is 2.34. The van der Waals surface area contributed by atoms with Gasteiger partial charge in [-0.05, 0) is 37.6 Å². The van der Waals surface area contributed by atoms with Gasteiger partial charge >= 0.3 is 12.0 Å². The molecule has 1 aliphatic rings. The number of urea groups is 1. The predicted octanol–water partition coefficient (Wildman–Crippen LogP) is 5.03. The largest absolute Gasteiger partial charge is 0.463 e. The highest BCUT2D eigenvalue weighted by atomic mass is 35.5. The third kappa shape index (κ3) is 4.75. The molecule has 7 nitrogen and oxygen atoms in total. The van der Waals surface area contributed by atoms with Crippen LogP contribution in [0.4, 0.5) is 4.79 Å². The number of carbonyl (C=O) groups excluding carboxylic acids is 2. The van der Waals surface area contributed by atoms with Crippen LogP contribution in [-0.4, -0.2) is 23.6 Å². The van der Waals surface area contributed by atoms with E-state index in [0.717, 1.165) is 0 Å². The number of halogens is 3. The summed E-state index contributed by atoms with van der Waals surface area (Å²) >= 11 is 17.8. The molecule has 2 amide bonds. The standard InChI is InChI=1S/C19H16Cl3N3O4/c1-3-28-18(26)14-9(2)23-19(27)24-15(14)10-4-6-11(7-5-10)29-17-13(21)8-12(20)16(22)25-17/h4-8,15H,3H2,1-2H3,(H2,23,24,27). The molecular formula is C19H16Cl3N3O4. The maximum absolute atomic E-state index is 12.4. The number of esters is 1. The van der Waals surface area contributed by atoms with Crippen LogP contribution in [0.5, 0.6) is 11.6 Å². The summed E-state index contributed by atoms with van der Waals surface area (Å²) in [7, 11) is 0. The Bertz CT molecular complexity index is 993. The van der Waals surface area contributed by atoms with Crippen molar-refractivity contribution in [3.05, 3.63) is 62.4 Å². The summed E-state index contributed by atoms with van der Waals surface area (Å²) in [5.41, 5.74) is 1.43. The predicted molar refractivity (Wildman–Crippen MR) is 110 cm³/mol. The molecule has 152 valence electrons. The Morgan fingerprint density at radius 3 is 2.52 bits per heavy atom. The smallest absolute Gasteiger partial charge is 0.338 e. The van der Waals surface area contributed by atoms with Crippen LogP contribution in [0.15, 0.2) is 41.6 Å². The van der Waals surface area contributed by atoms with Gasteiger partial charge in [0.05, 0.1) is 23.2 Å². The number of hydrogen-bond donors (Lipinski definition) is 2. The van der Waals surface area contributed by atoms with Gasteiger partial charge in [-0.15, -0.1) is 0 Å². The summed E-state index contributed by atoms with van der Waals surface area (Å²) in [5, 5.41) is 5.81. The van der Waals surface area contributed by atoms with Crippen molar-refractivity contribution in [3.63, 3.8) is 0 Å². The van der Waals surface area contributed by atoms with Gasteiger partial charge in [0.25, 0.3) is 0 Å². The van der Waals surface area contributed by atoms with E-state index in [4.69, 9.17) is 44.3 Å². The quantitative estimate of drug-likeness (QED) is 0.487. The maximum Gasteiger partial charge on any atom is 0.338 e. The zero-order valence-electron chi connectivity index (χ0n) is 15.4. The van der Waals surface area contributed by atoms with Gasteiger partial charge in [-0.25, -0.2) is 9.59 Å². The molecule has 1 atom stereocenters. The summed E-state index contributed by atoms with van der Waals surface area (Å²) in [6.45, 7) is 3.58. The van der Waals surface area contributed by atoms with Crippen molar-refractivity contribution < 1.29 is 19.1 Å². The van der Waals surface area contributed by atoms with Crippen LogP contribution in [0.3, 0.4) is 0 Å². The number of allylic oxidation sites excluding steroid dienone is 1. The highest BCUT2D eigenvalue weighted by Gasteiger charge is 2.32. The van der Waals surface area contributed by atoms with Gasteiger partial charge in [0.2, 0.25) is 5.88 Å². The maximum atomic E-state index is 12.4. The Balaban J connectivity index is 1.87. The molecule has 0 spiro atoms. The lowest BCUT2D eigenvalue weighted by Crippen LogP contribution is -2.45. The summed E-state index contributed by atoms with van der Waals surface area (Å²) in [5.74, 6) is 0.0294. The minimum Gasteiger partial charge on any atom is -0.463 e. The number of aromatic nitrogens is 1. The van der Waals surface area contributed by atoms with Gasteiger partial charge in [0, 0.05) is 5.70 Å². The van der Waals surface area contributed by atoms with E-state index in [0.29, 0.717) is 22.6 Å². The van der Waals surface area contributed by atoms with Crippen molar-refractivity contribution in [1.82, 2.24) is 15.6 Å². The fourth-order valence-electron chi connectivity index (χ4n) is 2.76. The van der Waals surface area contributed by atoms with Crippen LogP contribution in [0.1, 0.15) is 25.5 Å². The minimum absolute atomic E-state index is 0.0693. The van der Waals surface area contributed by atoms with Gasteiger partial charge < -0.3 is 20.1 Å². The average molecular weight is 457 g/mol. The lowest BCUT2D eigenvalue weighted by Gasteiger charge is -2.28. The van der Waals surface area contributed by atoms with Crippen LogP contribution < -0.4 is 15.4 Å². The first-order valence-electron chi connectivity index (χ1n) is 8.55. The Hall–Kier alpha value is -2.48. The molecule has 3 rings (SSSR count). The number of rotatable bonds is 5. The number of pyridine rings is 1. The van der Waals surface area contributed by atoms with Crippen LogP contribution in [0.25, 0.3) is 0 Å². The normalized spacial score (nSPS) is 16.2. The van der Waals surface area contributed by atoms with E-state index in [9.17, 15) is 9.59 Å². The number of amides is 2. The summed E-state index contributed by atoms with van der Waals surface area (Å²) in [4.78, 5) is 28.3. The van der Waals surface area contributed by atoms with E-state index < -0.39 is 18.0 Å². The van der Waals surface area contributed by atoms with Crippen LogP contribution in [-0.2, 0) is 9.53 Å². The van der Waals surface area contributed by atoms with Crippen molar-refractivity contribution in [3.8, 4) is 11.6 Å². The molecule has 1 unspecified atom stereocenters. The van der Waals surface area contributed by atoms with Crippen LogP contribution in [0, 0.1) is 0 Å². The second-order valence-electron chi connectivity index (χ2n) is 6.01. The van der Waals surface area contributed by atoms with E-state index in [1.165, 1.54) is 6.07 Å². The number of ether oxygens (including phenoxy) is 2. The Labute approximate surface area is 181 Å². The van der Waals surface area contributed by atoms with Gasteiger partial charge in [-0.1, -0.05) is 46.9 Å². The Morgan fingerprint density at radius 1 is 1.17 bits per heavy atom. The monoisotopic (exact) mass is 455 g/mol. The number of nitrogens with zero attached hydrogens (tertiary/aromatic N) is 1. The number of carbonyl (C=O) groups is 2. The molecule has 1 aliphatic heterocycles. The van der Waals surface area contributed by atoms with Gasteiger partial charge in [-0.3, -0.25) is 0 Å². The molecule has 0 saturated heterocycles. The first-order chi connectivity index (χ1) is 13.8. The average Bonchev–Trinajstić information content (AvgIpc) is 2.66. The van der Waals surface area contributed by atoms with E-state index in [-0.39, 0.29) is 27.7 Å². The van der Waals surface area contributed by atoms with Crippen molar-refractivity contribution >= 4 is 46.8 Å². The Morgan fingerprint density at radius 2 is 1.86 bits per heavy atom. The molecule has 29 heavy (non-hydrogen) atoms. The molecule has 2 N–H and O–H groups in total. The first kappa shape index (κ1) is 21.2. The highest BCUT2D eigenvalue weighted by molar-refractivity contribution is 6.42. The lowest BCUT2D eigenvalue weighted by molar-refractivity contribution is -0.139. The fourth-order valence-corrected chi connectivity index (χ4v) is 3.29. The third-order valence-electron chi connectivity index (χ3n) is 4.05. The molecule has 0 fully saturated rings. The van der Waals surface area contributed by atoms with Crippen molar-refractivity contribution in [2.24, 2.45) is 0 Å². The van der Waals surface area contributed by atoms with Gasteiger partial charge in [-0.2, -0.15) is 4.98 Å². The third-order valence-corrected chi connectivity index (χ3v) is 4.99. The second kappa shape index (κ2) is 8.90. The molecule has 0 radical (unpaired) electrons. The van der Waals surface area contributed by atoms with E-state index >= 15 is 0 Å². The molecular weight excluding hydrogens is 441 g/mol. The lowest BCUT2D eigenvalue weighted by atomic mass is 9.95. The molecule has 2 aromatic rings. The molecule has 2 heterocycles. The minimum atomic E-state index is -0.663. The molecule has 0 bridgehead atoms. The number of hydrogen-bond acceptors (Lipinski definition) is 5. The van der Waals surface area contributed by atoms with Crippen LogP contribution >= 0.6 is 34.8 Å². The molecule has 0 saturated carbocycles. The summed E-state index contributed by atoms with van der Waals surface area (Å²) < 4.78 is 10.8. The van der Waals surface area contributed by atoms with E-state index in [1.807, 2.05) is 0 Å². The topological polar surface area (TPSA) is 89.5 Å². The van der Waals surface area contributed by atoms with Gasteiger partial charge in [0.15, 0.2) is 5.15 Å². The SMILES string of the molecule is CCOC(=O)C1=C(C)NC(=O)NC1c1ccc(Oc2nc(Cl)c(Cl)cc2Cl)cc1. The van der Waals surface area contributed by atoms with Crippen LogP contribution in [0.2, 0.25) is 15.2 Å². The molecule has 0 aliphatic carbocycles. The van der Waals surface area contributed by atoms with Crippen molar-refractivity contribution in [1.29, 1.82) is 0 Å². The molecule has 1 aromatic carbocycles. The van der Waals surface area contributed by atoms with Gasteiger partial charge in [0.1, 0.15) is 10.8 Å². The Kier molecular flexibility index (Phi) is 6.52. The van der Waals surface area contributed by atoms with E-state index in [2.05, 4.69) is 15.6 Å². The number of nitrogens with one attached hydrogen (secondary N) is 2.